The molecule has 0 bridgehead atoms. The van der Waals surface area contributed by atoms with Crippen molar-refractivity contribution in [2.24, 2.45) is 0 Å². The van der Waals surface area contributed by atoms with E-state index in [0.717, 1.165) is 55.5 Å². The molecular formula is C50H71NO6. The molecule has 0 aromatic heterocycles. The molecule has 312 valence electrons. The molecule has 0 aliphatic carbocycles. The van der Waals surface area contributed by atoms with Crippen molar-refractivity contribution in [3.8, 4) is 28.7 Å². The van der Waals surface area contributed by atoms with E-state index in [1.54, 1.807) is 12.1 Å². The highest BCUT2D eigenvalue weighted by Crippen LogP contribution is 2.54. The first-order chi connectivity index (χ1) is 27.8. The van der Waals surface area contributed by atoms with Gasteiger partial charge >= 0.3 is 5.97 Å². The van der Waals surface area contributed by atoms with Crippen LogP contribution in [-0.2, 0) is 5.41 Å². The predicted molar refractivity (Wildman–Crippen MR) is 235 cm³/mol. The van der Waals surface area contributed by atoms with Gasteiger partial charge in [-0.15, -0.1) is 0 Å². The third-order valence-corrected chi connectivity index (χ3v) is 11.8. The SMILES string of the molecule is CCCCCCCCOc1cc(C(=O)Oc2ccc3c(c2)C=CC2(O3)N(C)c3ccccc3C2(C)C)cc(OCCCCCCCC)c1OCCCCCCCC. The standard InChI is InChI=1S/C50H71NO6/c1-7-10-13-16-19-24-33-53-45-37-40(38-46(54-34-25-20-17-14-11-8-2)47(45)55-35-26-21-18-15-12-9-3)48(52)56-41-29-30-44-39(36-41)31-32-50(57-44)49(4,5)42-27-22-23-28-43(42)51(50)6/h22-23,27-32,36-38H,7-21,24-26,33-35H2,1-6H3. The van der Waals surface area contributed by atoms with Crippen LogP contribution < -0.4 is 28.6 Å². The number of anilines is 1. The predicted octanol–water partition coefficient (Wildman–Crippen LogP) is 13.7. The fraction of sp³-hybridized carbons (Fsp3) is 0.580. The van der Waals surface area contributed by atoms with Gasteiger partial charge in [0.2, 0.25) is 11.5 Å². The minimum atomic E-state index is -0.682. The molecule has 2 aliphatic heterocycles. The summed E-state index contributed by atoms with van der Waals surface area (Å²) < 4.78 is 32.2. The van der Waals surface area contributed by atoms with Crippen LogP contribution in [0.15, 0.2) is 60.7 Å². The summed E-state index contributed by atoms with van der Waals surface area (Å²) >= 11 is 0. The second-order valence-electron chi connectivity index (χ2n) is 16.6. The fourth-order valence-corrected chi connectivity index (χ4v) is 8.22. The van der Waals surface area contributed by atoms with Gasteiger partial charge in [0.05, 0.1) is 30.8 Å². The molecule has 57 heavy (non-hydrogen) atoms. The van der Waals surface area contributed by atoms with Crippen molar-refractivity contribution >= 4 is 17.7 Å². The molecule has 2 aliphatic rings. The van der Waals surface area contributed by atoms with Crippen LogP contribution in [0.3, 0.4) is 0 Å². The first-order valence-corrected chi connectivity index (χ1v) is 22.4. The molecule has 7 nitrogen and oxygen atoms in total. The number of likely N-dealkylation sites (N-methyl/N-ethyl adjacent to an activating group) is 1. The van der Waals surface area contributed by atoms with Crippen molar-refractivity contribution in [3.63, 3.8) is 0 Å². The van der Waals surface area contributed by atoms with E-state index in [1.807, 2.05) is 18.2 Å². The molecule has 2 heterocycles. The molecule has 0 fully saturated rings. The van der Waals surface area contributed by atoms with Crippen LogP contribution in [0.25, 0.3) is 6.08 Å². The number of esters is 1. The maximum Gasteiger partial charge on any atom is 0.343 e. The average molecular weight is 782 g/mol. The highest BCUT2D eigenvalue weighted by molar-refractivity contribution is 5.93. The molecule has 1 spiro atoms. The number of unbranched alkanes of at least 4 members (excludes halogenated alkanes) is 15. The summed E-state index contributed by atoms with van der Waals surface area (Å²) in [7, 11) is 2.08. The lowest BCUT2D eigenvalue weighted by atomic mass is 9.76. The Kier molecular flexibility index (Phi) is 17.1. The van der Waals surface area contributed by atoms with Gasteiger partial charge < -0.3 is 28.6 Å². The zero-order chi connectivity index (χ0) is 40.5. The Morgan fingerprint density at radius 3 is 1.74 bits per heavy atom. The number of para-hydroxylation sites is 1. The lowest BCUT2D eigenvalue weighted by Gasteiger charge is -2.45. The third-order valence-electron chi connectivity index (χ3n) is 11.8. The zero-order valence-corrected chi connectivity index (χ0v) is 36.1. The monoisotopic (exact) mass is 782 g/mol. The first kappa shape index (κ1) is 44.0. The number of ether oxygens (including phenoxy) is 5. The van der Waals surface area contributed by atoms with Gasteiger partial charge in [0.15, 0.2) is 11.5 Å². The van der Waals surface area contributed by atoms with Crippen LogP contribution >= 0.6 is 0 Å². The molecule has 7 heteroatoms. The summed E-state index contributed by atoms with van der Waals surface area (Å²) in [5, 5.41) is 0. The van der Waals surface area contributed by atoms with Gasteiger partial charge in [0.1, 0.15) is 11.5 Å². The topological polar surface area (TPSA) is 66.5 Å². The van der Waals surface area contributed by atoms with Crippen LogP contribution in [0.1, 0.15) is 172 Å². The molecule has 0 radical (unpaired) electrons. The Morgan fingerprint density at radius 2 is 1.18 bits per heavy atom. The van der Waals surface area contributed by atoms with Gasteiger partial charge in [-0.1, -0.05) is 135 Å². The van der Waals surface area contributed by atoms with Crippen LogP contribution in [0.5, 0.6) is 28.7 Å². The normalized spacial score (nSPS) is 16.3. The Hall–Kier alpha value is -4.13. The number of carbonyl (C=O) groups excluding carboxylic acids is 1. The lowest BCUT2D eigenvalue weighted by Crippen LogP contribution is -2.58. The van der Waals surface area contributed by atoms with Crippen LogP contribution in [0, 0.1) is 0 Å². The maximum absolute atomic E-state index is 14.0. The Bertz CT molecular complexity index is 1690. The van der Waals surface area contributed by atoms with E-state index in [4.69, 9.17) is 23.7 Å². The van der Waals surface area contributed by atoms with Gasteiger partial charge in [-0.25, -0.2) is 4.79 Å². The van der Waals surface area contributed by atoms with Gasteiger partial charge in [-0.3, -0.25) is 0 Å². The number of hydrogen-bond donors (Lipinski definition) is 0. The molecule has 3 aromatic rings. The molecule has 5 rings (SSSR count). The van der Waals surface area contributed by atoms with Crippen molar-refractivity contribution < 1.29 is 28.5 Å². The molecule has 3 aromatic carbocycles. The van der Waals surface area contributed by atoms with Crippen molar-refractivity contribution in [2.75, 3.05) is 31.8 Å². The molecule has 1 unspecified atom stereocenters. The summed E-state index contributed by atoms with van der Waals surface area (Å²) in [5.74, 6) is 2.38. The summed E-state index contributed by atoms with van der Waals surface area (Å²) in [6.45, 7) is 12.8. The largest absolute Gasteiger partial charge is 0.490 e. The summed E-state index contributed by atoms with van der Waals surface area (Å²) in [5.41, 5.74) is 2.65. The lowest BCUT2D eigenvalue weighted by molar-refractivity contribution is 0.0579. The Morgan fingerprint density at radius 1 is 0.649 bits per heavy atom. The average Bonchev–Trinajstić information content (AvgIpc) is 3.37. The van der Waals surface area contributed by atoms with E-state index in [2.05, 4.69) is 83.0 Å². The number of rotatable bonds is 26. The van der Waals surface area contributed by atoms with Gasteiger partial charge in [-0.05, 0) is 87.2 Å². The minimum absolute atomic E-state index is 0.300. The highest BCUT2D eigenvalue weighted by Gasteiger charge is 2.57. The molecular weight excluding hydrogens is 711 g/mol. The van der Waals surface area contributed by atoms with Crippen LogP contribution in [0.4, 0.5) is 5.69 Å². The van der Waals surface area contributed by atoms with Gasteiger partial charge in [0, 0.05) is 18.3 Å². The Labute approximate surface area is 344 Å². The number of fused-ring (bicyclic) bond motifs is 2. The summed E-state index contributed by atoms with van der Waals surface area (Å²) in [6, 6.07) is 17.6. The second-order valence-corrected chi connectivity index (χ2v) is 16.6. The van der Waals surface area contributed by atoms with Crippen LogP contribution in [0.2, 0.25) is 0 Å². The number of hydrogen-bond acceptors (Lipinski definition) is 7. The van der Waals surface area contributed by atoms with Crippen molar-refractivity contribution in [3.05, 3.63) is 77.4 Å². The quantitative estimate of drug-likeness (QED) is 0.0456. The molecule has 0 amide bonds. The number of benzene rings is 3. The van der Waals surface area contributed by atoms with Crippen molar-refractivity contribution in [2.45, 2.75) is 161 Å². The number of nitrogens with zero attached hydrogens (tertiary/aromatic N) is 1. The number of carbonyl (C=O) groups is 1. The fourth-order valence-electron chi connectivity index (χ4n) is 8.22. The van der Waals surface area contributed by atoms with Crippen molar-refractivity contribution in [1.29, 1.82) is 0 Å². The smallest absolute Gasteiger partial charge is 0.343 e. The molecule has 0 saturated heterocycles. The van der Waals surface area contributed by atoms with E-state index in [9.17, 15) is 4.79 Å². The summed E-state index contributed by atoms with van der Waals surface area (Å²) in [6.07, 6.45) is 25.2. The summed E-state index contributed by atoms with van der Waals surface area (Å²) in [4.78, 5) is 16.2. The zero-order valence-electron chi connectivity index (χ0n) is 36.1. The molecule has 0 N–H and O–H groups in total. The van der Waals surface area contributed by atoms with E-state index in [1.165, 1.54) is 82.6 Å². The molecule has 0 saturated carbocycles. The highest BCUT2D eigenvalue weighted by atomic mass is 16.5. The van der Waals surface area contributed by atoms with E-state index in [0.29, 0.717) is 48.4 Å². The second kappa shape index (κ2) is 22.1. The van der Waals surface area contributed by atoms with Crippen LogP contribution in [-0.4, -0.2) is 38.6 Å². The van der Waals surface area contributed by atoms with E-state index in [-0.39, 0.29) is 5.41 Å². The minimum Gasteiger partial charge on any atom is -0.490 e. The maximum atomic E-state index is 14.0. The first-order valence-electron chi connectivity index (χ1n) is 22.4. The van der Waals surface area contributed by atoms with E-state index >= 15 is 0 Å². The Balaban J connectivity index is 1.34. The molecule has 1 atom stereocenters. The van der Waals surface area contributed by atoms with Crippen molar-refractivity contribution in [1.82, 2.24) is 0 Å². The third kappa shape index (κ3) is 11.3. The van der Waals surface area contributed by atoms with Gasteiger partial charge in [0.25, 0.3) is 0 Å². The van der Waals surface area contributed by atoms with E-state index < -0.39 is 11.7 Å². The van der Waals surface area contributed by atoms with Gasteiger partial charge in [-0.2, -0.15) is 0 Å².